The minimum atomic E-state index is -0.412. The normalized spacial score (nSPS) is 13.1. The van der Waals surface area contributed by atoms with E-state index in [0.717, 1.165) is 16.9 Å². The van der Waals surface area contributed by atoms with Crippen molar-refractivity contribution in [2.75, 3.05) is 36.2 Å². The van der Waals surface area contributed by atoms with Gasteiger partial charge in [0.25, 0.3) is 5.91 Å². The van der Waals surface area contributed by atoms with Crippen LogP contribution in [0, 0.1) is 6.92 Å². The summed E-state index contributed by atoms with van der Waals surface area (Å²) in [5, 5.41) is 12.6. The van der Waals surface area contributed by atoms with Crippen molar-refractivity contribution in [1.29, 1.82) is 0 Å². The molecule has 0 saturated heterocycles. The number of hydrogen-bond acceptors (Lipinski definition) is 9. The second-order valence-corrected chi connectivity index (χ2v) is 7.36. The smallest absolute Gasteiger partial charge is 0.414 e. The van der Waals surface area contributed by atoms with Crippen LogP contribution >= 0.6 is 11.6 Å². The number of anilines is 5. The van der Waals surface area contributed by atoms with Gasteiger partial charge in [-0.3, -0.25) is 9.69 Å². The van der Waals surface area contributed by atoms with E-state index in [1.54, 1.807) is 14.0 Å². The van der Waals surface area contributed by atoms with Gasteiger partial charge in [0.05, 0.1) is 18.5 Å². The molecule has 0 atom stereocenters. The van der Waals surface area contributed by atoms with Gasteiger partial charge in [-0.15, -0.1) is 0 Å². The average Bonchev–Trinajstić information content (AvgIpc) is 3.08. The Balaban J connectivity index is 1.59. The van der Waals surface area contributed by atoms with Gasteiger partial charge in [-0.2, -0.15) is 4.98 Å². The maximum absolute atomic E-state index is 12.0. The van der Waals surface area contributed by atoms with Crippen molar-refractivity contribution in [3.63, 3.8) is 0 Å². The quantitative estimate of drug-likeness (QED) is 0.526. The van der Waals surface area contributed by atoms with E-state index < -0.39 is 5.91 Å². The maximum Gasteiger partial charge on any atom is 0.414 e. The molecule has 166 valence electrons. The summed E-state index contributed by atoms with van der Waals surface area (Å²) >= 11 is 6.26. The van der Waals surface area contributed by atoms with Crippen LogP contribution in [0.5, 0.6) is 0 Å². The van der Waals surface area contributed by atoms with Gasteiger partial charge in [0.1, 0.15) is 10.7 Å². The van der Waals surface area contributed by atoms with E-state index in [-0.39, 0.29) is 28.6 Å². The van der Waals surface area contributed by atoms with Crippen molar-refractivity contribution in [3.05, 3.63) is 46.4 Å². The number of carbonyl (C=O) groups excluding carboxylic acids is 2. The van der Waals surface area contributed by atoms with Gasteiger partial charge in [-0.1, -0.05) is 16.8 Å². The van der Waals surface area contributed by atoms with E-state index >= 15 is 0 Å². The Kier molecular flexibility index (Phi) is 5.82. The Bertz CT molecular complexity index is 1200. The van der Waals surface area contributed by atoms with Gasteiger partial charge in [0, 0.05) is 26.2 Å². The van der Waals surface area contributed by atoms with E-state index in [4.69, 9.17) is 20.9 Å². The number of halogens is 1. The molecule has 0 aliphatic carbocycles. The number of hydrogen-bond donors (Lipinski definition) is 3. The number of nitrogens with zero attached hydrogens (tertiary/aromatic N) is 4. The monoisotopic (exact) mass is 457 g/mol. The van der Waals surface area contributed by atoms with E-state index in [9.17, 15) is 9.59 Å². The highest BCUT2D eigenvalue weighted by Gasteiger charge is 2.22. The summed E-state index contributed by atoms with van der Waals surface area (Å²) in [5.41, 5.74) is 2.90. The van der Waals surface area contributed by atoms with Crippen LogP contribution in [-0.2, 0) is 11.2 Å². The zero-order chi connectivity index (χ0) is 22.8. The highest BCUT2D eigenvalue weighted by atomic mass is 35.5. The molecule has 1 aliphatic rings. The molecule has 1 aromatic carbocycles. The van der Waals surface area contributed by atoms with Crippen molar-refractivity contribution in [3.8, 4) is 0 Å². The lowest BCUT2D eigenvalue weighted by Crippen LogP contribution is -2.25. The number of amides is 2. The molecule has 3 heterocycles. The summed E-state index contributed by atoms with van der Waals surface area (Å²) in [4.78, 5) is 34.0. The maximum atomic E-state index is 12.0. The number of aromatic nitrogens is 3. The van der Waals surface area contributed by atoms with Gasteiger partial charge >= 0.3 is 6.09 Å². The molecule has 0 saturated carbocycles. The van der Waals surface area contributed by atoms with Crippen LogP contribution < -0.4 is 20.9 Å². The van der Waals surface area contributed by atoms with E-state index in [2.05, 4.69) is 31.1 Å². The summed E-state index contributed by atoms with van der Waals surface area (Å²) in [7, 11) is 3.16. The molecule has 1 aliphatic heterocycles. The molecule has 2 amide bonds. The molecule has 12 heteroatoms. The first kappa shape index (κ1) is 21.4. The Labute approximate surface area is 188 Å². The molecular formula is C20H20ClN7O4. The predicted octanol–water partition coefficient (Wildman–Crippen LogP) is 3.40. The van der Waals surface area contributed by atoms with E-state index in [1.807, 2.05) is 18.2 Å². The molecule has 0 radical (unpaired) electrons. The van der Waals surface area contributed by atoms with Gasteiger partial charge < -0.3 is 25.2 Å². The molecule has 0 unspecified atom stereocenters. The number of ether oxygens (including phenoxy) is 1. The van der Waals surface area contributed by atoms with Crippen molar-refractivity contribution >= 4 is 52.4 Å². The predicted molar refractivity (Wildman–Crippen MR) is 118 cm³/mol. The number of nitrogens with one attached hydrogen (secondary N) is 3. The molecule has 4 rings (SSSR count). The third-order valence-corrected chi connectivity index (χ3v) is 5.14. The van der Waals surface area contributed by atoms with Crippen molar-refractivity contribution in [1.82, 2.24) is 20.4 Å². The minimum Gasteiger partial charge on any atom is -0.449 e. The fourth-order valence-electron chi connectivity index (χ4n) is 3.19. The SMILES string of the molecule is CNC(=O)c1noc(C)c1Nc1nc(Nc2ccc3c(c2)CCOC(=O)N3C)ncc1Cl. The Hall–Kier alpha value is -3.86. The largest absolute Gasteiger partial charge is 0.449 e. The Morgan fingerprint density at radius 2 is 2.09 bits per heavy atom. The first-order valence-electron chi connectivity index (χ1n) is 9.65. The molecule has 11 nitrogen and oxygen atoms in total. The molecule has 2 aromatic heterocycles. The van der Waals surface area contributed by atoms with Crippen LogP contribution in [0.25, 0.3) is 0 Å². The lowest BCUT2D eigenvalue weighted by atomic mass is 10.1. The lowest BCUT2D eigenvalue weighted by Gasteiger charge is -2.17. The lowest BCUT2D eigenvalue weighted by molar-refractivity contribution is 0.0954. The van der Waals surface area contributed by atoms with E-state index in [0.29, 0.717) is 24.5 Å². The molecule has 0 fully saturated rings. The minimum absolute atomic E-state index is 0.0841. The first-order chi connectivity index (χ1) is 15.4. The molecule has 3 N–H and O–H groups in total. The van der Waals surface area contributed by atoms with E-state index in [1.165, 1.54) is 18.1 Å². The van der Waals surface area contributed by atoms with Gasteiger partial charge in [-0.05, 0) is 30.7 Å². The van der Waals surface area contributed by atoms with Crippen LogP contribution in [0.2, 0.25) is 5.02 Å². The van der Waals surface area contributed by atoms with Crippen LogP contribution in [-0.4, -0.2) is 47.8 Å². The number of benzene rings is 1. The number of cyclic esters (lactones) is 1. The second-order valence-electron chi connectivity index (χ2n) is 6.95. The summed E-state index contributed by atoms with van der Waals surface area (Å²) in [5.74, 6) is 0.542. The standard InChI is InChI=1S/C20H20ClN7O4/c1-10-15(16(27-32-10)18(29)22-2)25-17-13(21)9-23-19(26-17)24-12-4-5-14-11(8-12)6-7-31-20(30)28(14)3/h4-5,8-9H,6-7H2,1-3H3,(H,22,29)(H2,23,24,25,26). The molecule has 0 spiro atoms. The van der Waals surface area contributed by atoms with Crippen LogP contribution in [0.3, 0.4) is 0 Å². The molecule has 3 aromatic rings. The van der Waals surface area contributed by atoms with Crippen LogP contribution in [0.1, 0.15) is 21.8 Å². The van der Waals surface area contributed by atoms with Gasteiger partial charge in [0.15, 0.2) is 17.3 Å². The zero-order valence-corrected chi connectivity index (χ0v) is 18.3. The van der Waals surface area contributed by atoms with Crippen molar-refractivity contribution in [2.45, 2.75) is 13.3 Å². The third-order valence-electron chi connectivity index (χ3n) is 4.86. The fourth-order valence-corrected chi connectivity index (χ4v) is 3.33. The highest BCUT2D eigenvalue weighted by Crippen LogP contribution is 2.30. The molecule has 0 bridgehead atoms. The highest BCUT2D eigenvalue weighted by molar-refractivity contribution is 6.33. The van der Waals surface area contributed by atoms with Gasteiger partial charge in [-0.25, -0.2) is 9.78 Å². The summed E-state index contributed by atoms with van der Waals surface area (Å²) < 4.78 is 10.3. The average molecular weight is 458 g/mol. The number of rotatable bonds is 5. The van der Waals surface area contributed by atoms with Crippen molar-refractivity contribution in [2.24, 2.45) is 0 Å². The number of fused-ring (bicyclic) bond motifs is 1. The molecule has 32 heavy (non-hydrogen) atoms. The summed E-state index contributed by atoms with van der Waals surface area (Å²) in [6, 6.07) is 5.55. The van der Waals surface area contributed by atoms with Crippen molar-refractivity contribution < 1.29 is 18.8 Å². The number of aryl methyl sites for hydroxylation is 1. The third kappa shape index (κ3) is 4.14. The fraction of sp³-hybridized carbons (Fsp3) is 0.250. The first-order valence-corrected chi connectivity index (χ1v) is 10.0. The second kappa shape index (κ2) is 8.71. The van der Waals surface area contributed by atoms with Crippen LogP contribution in [0.15, 0.2) is 28.9 Å². The Morgan fingerprint density at radius 1 is 1.28 bits per heavy atom. The number of carbonyl (C=O) groups is 2. The summed E-state index contributed by atoms with van der Waals surface area (Å²) in [6.07, 6.45) is 1.64. The molecular weight excluding hydrogens is 438 g/mol. The van der Waals surface area contributed by atoms with Gasteiger partial charge in [0.2, 0.25) is 5.95 Å². The Morgan fingerprint density at radius 3 is 2.88 bits per heavy atom. The summed E-state index contributed by atoms with van der Waals surface area (Å²) in [6.45, 7) is 1.97. The topological polar surface area (TPSA) is 135 Å². The zero-order valence-electron chi connectivity index (χ0n) is 17.5. The van der Waals surface area contributed by atoms with Crippen LogP contribution in [0.4, 0.5) is 33.6 Å².